The molecule has 1 heterocycles. The third-order valence-electron chi connectivity index (χ3n) is 4.98. The van der Waals surface area contributed by atoms with E-state index in [0.717, 1.165) is 39.8 Å². The van der Waals surface area contributed by atoms with Crippen LogP contribution in [0.15, 0.2) is 58.9 Å². The Labute approximate surface area is 195 Å². The molecular weight excluding hydrogens is 442 g/mol. The quantitative estimate of drug-likeness (QED) is 0.420. The average molecular weight is 468 g/mol. The number of anilines is 1. The summed E-state index contributed by atoms with van der Waals surface area (Å²) in [6.45, 7) is 0. The lowest BCUT2D eigenvalue weighted by atomic mass is 10.1. The van der Waals surface area contributed by atoms with Gasteiger partial charge in [0.2, 0.25) is 11.8 Å². The van der Waals surface area contributed by atoms with Gasteiger partial charge >= 0.3 is 0 Å². The third kappa shape index (κ3) is 6.34. The van der Waals surface area contributed by atoms with E-state index in [1.54, 1.807) is 7.11 Å². The van der Waals surface area contributed by atoms with Crippen molar-refractivity contribution in [3.8, 4) is 17.0 Å². The number of thioether (sulfide) groups is 1. The van der Waals surface area contributed by atoms with Gasteiger partial charge in [0.1, 0.15) is 16.4 Å². The molecule has 3 aromatic rings. The van der Waals surface area contributed by atoms with Crippen molar-refractivity contribution in [1.82, 2.24) is 10.3 Å². The Morgan fingerprint density at radius 2 is 1.84 bits per heavy atom. The summed E-state index contributed by atoms with van der Waals surface area (Å²) < 4.78 is 5.94. The van der Waals surface area contributed by atoms with Gasteiger partial charge in [0.05, 0.1) is 12.9 Å². The van der Waals surface area contributed by atoms with E-state index in [0.29, 0.717) is 29.6 Å². The lowest BCUT2D eigenvalue weighted by molar-refractivity contribution is -0.118. The molecule has 0 unspecified atom stereocenters. The second kappa shape index (κ2) is 10.7. The fourth-order valence-electron chi connectivity index (χ4n) is 3.10. The topological polar surface area (TPSA) is 80.3 Å². The van der Waals surface area contributed by atoms with Crippen molar-refractivity contribution < 1.29 is 14.3 Å². The molecule has 1 aromatic heterocycles. The normalized spacial score (nSPS) is 12.9. The molecule has 0 spiro atoms. The van der Waals surface area contributed by atoms with Gasteiger partial charge in [-0.3, -0.25) is 9.59 Å². The van der Waals surface area contributed by atoms with Gasteiger partial charge in [0, 0.05) is 18.0 Å². The molecule has 0 bridgehead atoms. The number of ether oxygens (including phenoxy) is 1. The molecule has 0 aliphatic heterocycles. The fourth-order valence-corrected chi connectivity index (χ4v) is 4.99. The summed E-state index contributed by atoms with van der Waals surface area (Å²) in [5, 5.41) is 6.73. The largest absolute Gasteiger partial charge is 0.497 e. The maximum atomic E-state index is 12.7. The van der Waals surface area contributed by atoms with Crippen molar-refractivity contribution in [2.75, 3.05) is 18.2 Å². The standard InChI is InChI=1S/C24H25N3O3S2/c1-30-19-12-7-16(8-13-19)9-14-20(28)26-23-22(17-5-3-2-4-6-17)27-24(32-23)31-15-21(29)25-18-10-11-18/h2-8,12-13,18H,9-11,14-15H2,1H3,(H,25,29)(H,26,28). The van der Waals surface area contributed by atoms with Gasteiger partial charge < -0.3 is 15.4 Å². The van der Waals surface area contributed by atoms with Crippen molar-refractivity contribution in [2.24, 2.45) is 0 Å². The second-order valence-electron chi connectivity index (χ2n) is 7.55. The van der Waals surface area contributed by atoms with Crippen LogP contribution in [0.1, 0.15) is 24.8 Å². The van der Waals surface area contributed by atoms with Crippen LogP contribution >= 0.6 is 23.1 Å². The van der Waals surface area contributed by atoms with Crippen LogP contribution in [-0.4, -0.2) is 35.7 Å². The van der Waals surface area contributed by atoms with Crippen molar-refractivity contribution in [3.63, 3.8) is 0 Å². The lowest BCUT2D eigenvalue weighted by Gasteiger charge is -2.06. The van der Waals surface area contributed by atoms with Gasteiger partial charge in [-0.15, -0.1) is 0 Å². The summed E-state index contributed by atoms with van der Waals surface area (Å²) in [7, 11) is 1.63. The Morgan fingerprint density at radius 1 is 1.09 bits per heavy atom. The SMILES string of the molecule is COc1ccc(CCC(=O)Nc2sc(SCC(=O)NC3CC3)nc2-c2ccccc2)cc1. The van der Waals surface area contributed by atoms with Crippen LogP contribution < -0.4 is 15.4 Å². The molecule has 0 atom stereocenters. The number of aromatic nitrogens is 1. The summed E-state index contributed by atoms with van der Waals surface area (Å²) in [5.41, 5.74) is 2.74. The highest BCUT2D eigenvalue weighted by molar-refractivity contribution is 8.01. The molecule has 1 saturated carbocycles. The fraction of sp³-hybridized carbons (Fsp3) is 0.292. The molecule has 0 saturated heterocycles. The second-order valence-corrected chi connectivity index (χ2v) is 9.77. The number of thiazole rings is 1. The molecule has 0 radical (unpaired) electrons. The Balaban J connectivity index is 1.41. The van der Waals surface area contributed by atoms with Crippen LogP contribution in [0.25, 0.3) is 11.3 Å². The zero-order valence-corrected chi connectivity index (χ0v) is 19.4. The van der Waals surface area contributed by atoms with Gasteiger partial charge in [-0.25, -0.2) is 4.98 Å². The molecule has 6 nitrogen and oxygen atoms in total. The van der Waals surface area contributed by atoms with E-state index in [1.165, 1.54) is 23.1 Å². The zero-order chi connectivity index (χ0) is 22.3. The van der Waals surface area contributed by atoms with Crippen LogP contribution in [0.5, 0.6) is 5.75 Å². The monoisotopic (exact) mass is 467 g/mol. The number of hydrogen-bond acceptors (Lipinski definition) is 6. The first kappa shape index (κ1) is 22.4. The number of amides is 2. The lowest BCUT2D eigenvalue weighted by Crippen LogP contribution is -2.26. The average Bonchev–Trinajstić information content (AvgIpc) is 3.54. The van der Waals surface area contributed by atoms with Crippen LogP contribution in [0.4, 0.5) is 5.00 Å². The van der Waals surface area contributed by atoms with E-state index in [4.69, 9.17) is 9.72 Å². The van der Waals surface area contributed by atoms with Gasteiger partial charge in [-0.2, -0.15) is 0 Å². The Kier molecular flexibility index (Phi) is 7.44. The number of nitrogens with one attached hydrogen (secondary N) is 2. The highest BCUT2D eigenvalue weighted by Crippen LogP contribution is 2.37. The van der Waals surface area contributed by atoms with Gasteiger partial charge in [0.15, 0.2) is 4.34 Å². The minimum atomic E-state index is -0.0651. The van der Waals surface area contributed by atoms with Gasteiger partial charge in [-0.05, 0) is 37.0 Å². The number of rotatable bonds is 10. The molecule has 2 N–H and O–H groups in total. The number of benzene rings is 2. The van der Waals surface area contributed by atoms with Crippen molar-refractivity contribution in [2.45, 2.75) is 36.1 Å². The van der Waals surface area contributed by atoms with E-state index in [2.05, 4.69) is 10.6 Å². The molecule has 2 aromatic carbocycles. The van der Waals surface area contributed by atoms with Crippen molar-refractivity contribution in [3.05, 3.63) is 60.2 Å². The van der Waals surface area contributed by atoms with E-state index < -0.39 is 0 Å². The third-order valence-corrected chi connectivity index (χ3v) is 7.09. The van der Waals surface area contributed by atoms with Crippen LogP contribution in [0, 0.1) is 0 Å². The molecule has 1 fully saturated rings. The molecular formula is C24H25N3O3S2. The Morgan fingerprint density at radius 3 is 2.53 bits per heavy atom. The van der Waals surface area contributed by atoms with Crippen LogP contribution in [0.3, 0.4) is 0 Å². The molecule has 1 aliphatic carbocycles. The summed E-state index contributed by atoms with van der Waals surface area (Å²) in [6.07, 6.45) is 3.14. The van der Waals surface area contributed by atoms with E-state index >= 15 is 0 Å². The summed E-state index contributed by atoms with van der Waals surface area (Å²) in [5.74, 6) is 1.08. The number of hydrogen-bond donors (Lipinski definition) is 2. The molecule has 2 amide bonds. The Hall–Kier alpha value is -2.84. The molecule has 166 valence electrons. The summed E-state index contributed by atoms with van der Waals surface area (Å²) in [6, 6.07) is 17.8. The first-order valence-electron chi connectivity index (χ1n) is 10.5. The van der Waals surface area contributed by atoms with Crippen molar-refractivity contribution >= 4 is 39.9 Å². The van der Waals surface area contributed by atoms with E-state index in [1.807, 2.05) is 54.6 Å². The van der Waals surface area contributed by atoms with E-state index in [9.17, 15) is 9.59 Å². The van der Waals surface area contributed by atoms with Crippen molar-refractivity contribution in [1.29, 1.82) is 0 Å². The number of methoxy groups -OCH3 is 1. The Bertz CT molecular complexity index is 1060. The number of carbonyl (C=O) groups excluding carboxylic acids is 2. The highest BCUT2D eigenvalue weighted by Gasteiger charge is 2.23. The molecule has 1 aliphatic rings. The molecule has 8 heteroatoms. The first-order chi connectivity index (χ1) is 15.6. The predicted octanol–water partition coefficient (Wildman–Crippen LogP) is 4.76. The summed E-state index contributed by atoms with van der Waals surface area (Å²) >= 11 is 2.81. The van der Waals surface area contributed by atoms with Gasteiger partial charge in [0.25, 0.3) is 0 Å². The number of aryl methyl sites for hydroxylation is 1. The maximum Gasteiger partial charge on any atom is 0.230 e. The minimum absolute atomic E-state index is 0.0269. The smallest absolute Gasteiger partial charge is 0.230 e. The zero-order valence-electron chi connectivity index (χ0n) is 17.8. The summed E-state index contributed by atoms with van der Waals surface area (Å²) in [4.78, 5) is 29.4. The number of nitrogens with zero attached hydrogens (tertiary/aromatic N) is 1. The highest BCUT2D eigenvalue weighted by atomic mass is 32.2. The maximum absolute atomic E-state index is 12.7. The molecule has 4 rings (SSSR count). The van der Waals surface area contributed by atoms with E-state index in [-0.39, 0.29) is 11.8 Å². The number of carbonyl (C=O) groups is 2. The first-order valence-corrected chi connectivity index (χ1v) is 12.3. The minimum Gasteiger partial charge on any atom is -0.497 e. The van der Waals surface area contributed by atoms with Gasteiger partial charge in [-0.1, -0.05) is 65.6 Å². The van der Waals surface area contributed by atoms with Crippen LogP contribution in [-0.2, 0) is 16.0 Å². The molecule has 32 heavy (non-hydrogen) atoms. The predicted molar refractivity (Wildman–Crippen MR) is 129 cm³/mol. The van der Waals surface area contributed by atoms with Crippen LogP contribution in [0.2, 0.25) is 0 Å².